The van der Waals surface area contributed by atoms with Crippen LogP contribution in [0.1, 0.15) is 18.5 Å². The molecule has 1 aliphatic heterocycles. The van der Waals surface area contributed by atoms with Gasteiger partial charge in [-0.05, 0) is 25.2 Å². The largest absolute Gasteiger partial charge is 0.496 e. The van der Waals surface area contributed by atoms with Gasteiger partial charge < -0.3 is 20.1 Å². The van der Waals surface area contributed by atoms with E-state index in [-0.39, 0.29) is 11.3 Å². The fourth-order valence-corrected chi connectivity index (χ4v) is 2.64. The molecule has 1 atom stereocenters. The second-order valence-electron chi connectivity index (χ2n) is 4.75. The third kappa shape index (κ3) is 3.24. The van der Waals surface area contributed by atoms with E-state index in [1.165, 1.54) is 32.4 Å². The summed E-state index contributed by atoms with van der Waals surface area (Å²) >= 11 is 5.12. The SMILES string of the molecule is COC(=O)C1=C(C)NC(=S)N[C@@H]1c1cc([N+](=O)[O-])ccc1OC. The number of non-ortho nitro benzene ring substituents is 1. The maximum absolute atomic E-state index is 12.1. The van der Waals surface area contributed by atoms with Crippen LogP contribution in [0.2, 0.25) is 0 Å². The monoisotopic (exact) mass is 337 g/mol. The standard InChI is InChI=1S/C14H15N3O5S/c1-7-11(13(18)22-3)12(16-14(23)15-7)9-6-8(17(19)20)4-5-10(9)21-2/h4-6,12H,1-3H3,(H2,15,16,23)/t12-/m1/s1. The molecule has 0 bridgehead atoms. The van der Waals surface area contributed by atoms with Crippen molar-refractivity contribution in [2.24, 2.45) is 0 Å². The van der Waals surface area contributed by atoms with E-state index in [2.05, 4.69) is 10.6 Å². The molecule has 9 heteroatoms. The van der Waals surface area contributed by atoms with Crippen LogP contribution < -0.4 is 15.4 Å². The number of nitrogens with zero attached hydrogens (tertiary/aromatic N) is 1. The van der Waals surface area contributed by atoms with Gasteiger partial charge >= 0.3 is 5.97 Å². The zero-order valence-corrected chi connectivity index (χ0v) is 13.5. The predicted octanol–water partition coefficient (Wildman–Crippen LogP) is 1.57. The van der Waals surface area contributed by atoms with Crippen LogP contribution in [-0.2, 0) is 9.53 Å². The molecule has 1 heterocycles. The summed E-state index contributed by atoms with van der Waals surface area (Å²) in [6.45, 7) is 1.68. The van der Waals surface area contributed by atoms with E-state index in [0.717, 1.165) is 0 Å². The molecule has 0 saturated heterocycles. The van der Waals surface area contributed by atoms with Gasteiger partial charge in [-0.2, -0.15) is 0 Å². The molecule has 0 unspecified atom stereocenters. The quantitative estimate of drug-likeness (QED) is 0.369. The number of allylic oxidation sites excluding steroid dienone is 1. The number of hydrogen-bond acceptors (Lipinski definition) is 6. The Hall–Kier alpha value is -2.68. The molecule has 0 saturated carbocycles. The Morgan fingerprint density at radius 1 is 1.39 bits per heavy atom. The second kappa shape index (κ2) is 6.61. The molecule has 0 fully saturated rings. The van der Waals surface area contributed by atoms with Crippen LogP contribution in [0.25, 0.3) is 0 Å². The number of ether oxygens (including phenoxy) is 2. The van der Waals surface area contributed by atoms with Gasteiger partial charge in [0.1, 0.15) is 5.75 Å². The van der Waals surface area contributed by atoms with Crippen LogP contribution in [-0.4, -0.2) is 30.2 Å². The Labute approximate surface area is 137 Å². The first-order chi connectivity index (χ1) is 10.9. The smallest absolute Gasteiger partial charge is 0.337 e. The number of benzene rings is 1. The molecule has 1 aromatic rings. The van der Waals surface area contributed by atoms with Crippen molar-refractivity contribution >= 4 is 29.0 Å². The summed E-state index contributed by atoms with van der Waals surface area (Å²) in [6.07, 6.45) is 0. The maximum atomic E-state index is 12.1. The zero-order valence-electron chi connectivity index (χ0n) is 12.7. The number of nitro groups is 1. The highest BCUT2D eigenvalue weighted by Gasteiger charge is 2.33. The summed E-state index contributed by atoms with van der Waals surface area (Å²) in [7, 11) is 2.70. The van der Waals surface area contributed by atoms with Crippen molar-refractivity contribution in [2.45, 2.75) is 13.0 Å². The number of rotatable bonds is 4. The molecular formula is C14H15N3O5S. The van der Waals surface area contributed by atoms with Crippen molar-refractivity contribution in [2.75, 3.05) is 14.2 Å². The molecule has 1 aromatic carbocycles. The minimum Gasteiger partial charge on any atom is -0.496 e. The number of esters is 1. The highest BCUT2D eigenvalue weighted by molar-refractivity contribution is 7.80. The van der Waals surface area contributed by atoms with E-state index in [1.807, 2.05) is 0 Å². The Kier molecular flexibility index (Phi) is 4.80. The first-order valence-electron chi connectivity index (χ1n) is 6.58. The van der Waals surface area contributed by atoms with E-state index in [1.54, 1.807) is 6.92 Å². The summed E-state index contributed by atoms with van der Waals surface area (Å²) in [4.78, 5) is 22.6. The van der Waals surface area contributed by atoms with E-state index in [0.29, 0.717) is 22.1 Å². The highest BCUT2D eigenvalue weighted by Crippen LogP contribution is 2.35. The fourth-order valence-electron chi connectivity index (χ4n) is 2.37. The molecule has 2 rings (SSSR count). The maximum Gasteiger partial charge on any atom is 0.337 e. The van der Waals surface area contributed by atoms with Crippen LogP contribution in [0.5, 0.6) is 5.75 Å². The Balaban J connectivity index is 2.63. The molecule has 23 heavy (non-hydrogen) atoms. The average Bonchev–Trinajstić information content (AvgIpc) is 2.52. The summed E-state index contributed by atoms with van der Waals surface area (Å²) in [5.41, 5.74) is 1.10. The van der Waals surface area contributed by atoms with E-state index in [9.17, 15) is 14.9 Å². The molecule has 8 nitrogen and oxygen atoms in total. The third-order valence-corrected chi connectivity index (χ3v) is 3.63. The summed E-state index contributed by atoms with van der Waals surface area (Å²) in [5, 5.41) is 17.1. The molecule has 0 aromatic heterocycles. The van der Waals surface area contributed by atoms with Gasteiger partial charge in [0, 0.05) is 23.4 Å². The Morgan fingerprint density at radius 2 is 2.09 bits per heavy atom. The predicted molar refractivity (Wildman–Crippen MR) is 86.0 cm³/mol. The van der Waals surface area contributed by atoms with Gasteiger partial charge in [0.2, 0.25) is 0 Å². The van der Waals surface area contributed by atoms with Crippen molar-refractivity contribution in [1.82, 2.24) is 10.6 Å². The number of hydrogen-bond donors (Lipinski definition) is 2. The van der Waals surface area contributed by atoms with Crippen molar-refractivity contribution in [1.29, 1.82) is 0 Å². The van der Waals surface area contributed by atoms with Gasteiger partial charge in [0.15, 0.2) is 5.11 Å². The number of carbonyl (C=O) groups excluding carboxylic acids is 1. The number of carbonyl (C=O) groups is 1. The Morgan fingerprint density at radius 3 is 2.65 bits per heavy atom. The fraction of sp³-hybridized carbons (Fsp3) is 0.286. The lowest BCUT2D eigenvalue weighted by atomic mass is 9.94. The number of nitrogens with one attached hydrogen (secondary N) is 2. The first kappa shape index (κ1) is 16.7. The minimum absolute atomic E-state index is 0.117. The topological polar surface area (TPSA) is 103 Å². The van der Waals surface area contributed by atoms with Gasteiger partial charge in [0.05, 0.1) is 30.8 Å². The molecule has 1 aliphatic rings. The summed E-state index contributed by atoms with van der Waals surface area (Å²) in [5.74, 6) is -0.171. The second-order valence-corrected chi connectivity index (χ2v) is 5.15. The van der Waals surface area contributed by atoms with Crippen LogP contribution >= 0.6 is 12.2 Å². The number of nitro benzene ring substituents is 1. The van der Waals surface area contributed by atoms with Crippen LogP contribution in [0, 0.1) is 10.1 Å². The lowest BCUT2D eigenvalue weighted by Crippen LogP contribution is -2.45. The van der Waals surface area contributed by atoms with E-state index < -0.39 is 16.9 Å². The molecule has 0 spiro atoms. The van der Waals surface area contributed by atoms with Crippen molar-refractivity contribution < 1.29 is 19.2 Å². The van der Waals surface area contributed by atoms with Crippen LogP contribution in [0.3, 0.4) is 0 Å². The molecule has 0 aliphatic carbocycles. The van der Waals surface area contributed by atoms with Crippen molar-refractivity contribution in [3.63, 3.8) is 0 Å². The Bertz CT molecular complexity index is 716. The van der Waals surface area contributed by atoms with Gasteiger partial charge in [-0.1, -0.05) is 0 Å². The molecule has 0 amide bonds. The van der Waals surface area contributed by atoms with Crippen LogP contribution in [0.4, 0.5) is 5.69 Å². The van der Waals surface area contributed by atoms with Gasteiger partial charge in [-0.25, -0.2) is 4.79 Å². The van der Waals surface area contributed by atoms with Crippen molar-refractivity contribution in [3.05, 3.63) is 45.1 Å². The van der Waals surface area contributed by atoms with Gasteiger partial charge in [0.25, 0.3) is 5.69 Å². The van der Waals surface area contributed by atoms with E-state index >= 15 is 0 Å². The molecular weight excluding hydrogens is 322 g/mol. The van der Waals surface area contributed by atoms with Crippen molar-refractivity contribution in [3.8, 4) is 5.75 Å². The lowest BCUT2D eigenvalue weighted by molar-refractivity contribution is -0.385. The number of thiocarbonyl (C=S) groups is 1. The third-order valence-electron chi connectivity index (χ3n) is 3.41. The van der Waals surface area contributed by atoms with Gasteiger partial charge in [-0.15, -0.1) is 0 Å². The van der Waals surface area contributed by atoms with Crippen LogP contribution in [0.15, 0.2) is 29.5 Å². The normalized spacial score (nSPS) is 17.2. The molecule has 0 radical (unpaired) electrons. The highest BCUT2D eigenvalue weighted by atomic mass is 32.1. The zero-order chi connectivity index (χ0) is 17.1. The van der Waals surface area contributed by atoms with Gasteiger partial charge in [-0.3, -0.25) is 10.1 Å². The van der Waals surface area contributed by atoms with E-state index in [4.69, 9.17) is 21.7 Å². The molecule has 2 N–H and O–H groups in total. The first-order valence-corrected chi connectivity index (χ1v) is 6.98. The summed E-state index contributed by atoms with van der Waals surface area (Å²) in [6, 6.07) is 3.44. The number of methoxy groups -OCH3 is 2. The molecule has 122 valence electrons. The average molecular weight is 337 g/mol. The lowest BCUT2D eigenvalue weighted by Gasteiger charge is -2.30. The summed E-state index contributed by atoms with van der Waals surface area (Å²) < 4.78 is 10.1. The minimum atomic E-state index is -0.717.